The number of hydrogen-bond donors (Lipinski definition) is 5. The standard InChI is InChI=1S/C16H29N3O7/c1-9(21)12(16(25)26)5-11(22)3-10(4-15(18)24)6-19(2)7-14(23)13(17)8-20/h9-10,12-13,20-21H,3-8,17H2,1-2H3,(H2,18,24)(H,25,26)/t9?,10-,12-,13-/m0/s1. The first-order valence-corrected chi connectivity index (χ1v) is 8.26. The van der Waals surface area contributed by atoms with Gasteiger partial charge in [-0.05, 0) is 19.9 Å². The van der Waals surface area contributed by atoms with E-state index in [9.17, 15) is 24.3 Å². The van der Waals surface area contributed by atoms with Crippen LogP contribution in [0.4, 0.5) is 0 Å². The zero-order chi connectivity index (χ0) is 20.4. The van der Waals surface area contributed by atoms with Gasteiger partial charge in [-0.3, -0.25) is 24.1 Å². The maximum atomic E-state index is 12.1. The third-order valence-corrected chi connectivity index (χ3v) is 3.96. The second kappa shape index (κ2) is 11.7. The number of nitrogens with zero attached hydrogens (tertiary/aromatic N) is 1. The van der Waals surface area contributed by atoms with E-state index < -0.39 is 48.2 Å². The molecular weight excluding hydrogens is 346 g/mol. The number of aliphatic carboxylic acids is 1. The van der Waals surface area contributed by atoms with Crippen molar-refractivity contribution in [3.8, 4) is 0 Å². The number of hydrogen-bond acceptors (Lipinski definition) is 8. The van der Waals surface area contributed by atoms with E-state index in [1.165, 1.54) is 6.92 Å². The molecule has 0 aromatic heterocycles. The fourth-order valence-electron chi connectivity index (χ4n) is 2.59. The van der Waals surface area contributed by atoms with Crippen molar-refractivity contribution in [2.24, 2.45) is 23.3 Å². The molecule has 0 spiro atoms. The van der Waals surface area contributed by atoms with Crippen molar-refractivity contribution in [2.45, 2.75) is 38.3 Å². The fourth-order valence-corrected chi connectivity index (χ4v) is 2.59. The number of carbonyl (C=O) groups is 4. The molecule has 0 fully saturated rings. The van der Waals surface area contributed by atoms with Gasteiger partial charge < -0.3 is 26.8 Å². The minimum absolute atomic E-state index is 0.0728. The molecule has 1 amide bonds. The Bertz CT molecular complexity index is 510. The number of amides is 1. The van der Waals surface area contributed by atoms with E-state index in [1.807, 2.05) is 0 Å². The average Bonchev–Trinajstić information content (AvgIpc) is 2.49. The maximum absolute atomic E-state index is 12.1. The summed E-state index contributed by atoms with van der Waals surface area (Å²) in [4.78, 5) is 47.7. The predicted molar refractivity (Wildman–Crippen MR) is 91.9 cm³/mol. The van der Waals surface area contributed by atoms with Crippen LogP contribution in [0.5, 0.6) is 0 Å². The molecule has 0 heterocycles. The van der Waals surface area contributed by atoms with E-state index in [4.69, 9.17) is 21.7 Å². The van der Waals surface area contributed by atoms with E-state index in [1.54, 1.807) is 11.9 Å². The third-order valence-electron chi connectivity index (χ3n) is 3.96. The van der Waals surface area contributed by atoms with Crippen molar-refractivity contribution in [1.29, 1.82) is 0 Å². The van der Waals surface area contributed by atoms with Gasteiger partial charge in [0.15, 0.2) is 5.78 Å². The highest BCUT2D eigenvalue weighted by molar-refractivity contribution is 5.86. The van der Waals surface area contributed by atoms with Crippen LogP contribution in [0.1, 0.15) is 26.2 Å². The lowest BCUT2D eigenvalue weighted by atomic mass is 9.90. The molecule has 0 aromatic carbocycles. The number of carboxylic acids is 1. The highest BCUT2D eigenvalue weighted by Crippen LogP contribution is 2.17. The number of rotatable bonds is 14. The Balaban J connectivity index is 4.83. The number of aliphatic hydroxyl groups is 2. The number of Topliss-reactive ketones (excluding diaryl/α,β-unsaturated/α-hetero) is 2. The van der Waals surface area contributed by atoms with E-state index in [0.717, 1.165) is 0 Å². The van der Waals surface area contributed by atoms with Gasteiger partial charge in [0.2, 0.25) is 5.91 Å². The molecule has 0 aliphatic carbocycles. The summed E-state index contributed by atoms with van der Waals surface area (Å²) in [5.74, 6) is -4.44. The fraction of sp³-hybridized carbons (Fsp3) is 0.750. The number of ketones is 2. The first kappa shape index (κ1) is 24.1. The average molecular weight is 375 g/mol. The maximum Gasteiger partial charge on any atom is 0.309 e. The van der Waals surface area contributed by atoms with Crippen LogP contribution in [0.2, 0.25) is 0 Å². The van der Waals surface area contributed by atoms with Crippen LogP contribution in [0.25, 0.3) is 0 Å². The van der Waals surface area contributed by atoms with Crippen molar-refractivity contribution in [3.63, 3.8) is 0 Å². The quantitative estimate of drug-likeness (QED) is 0.223. The Labute approximate surface area is 152 Å². The predicted octanol–water partition coefficient (Wildman–Crippen LogP) is -2.27. The molecule has 10 nitrogen and oxygen atoms in total. The molecule has 0 aliphatic heterocycles. The molecule has 0 saturated carbocycles. The molecule has 1 unspecified atom stereocenters. The van der Waals surface area contributed by atoms with Gasteiger partial charge in [0.1, 0.15) is 5.78 Å². The highest BCUT2D eigenvalue weighted by atomic mass is 16.4. The summed E-state index contributed by atoms with van der Waals surface area (Å²) in [6.07, 6.45) is -1.76. The Morgan fingerprint density at radius 1 is 1.12 bits per heavy atom. The van der Waals surface area contributed by atoms with Gasteiger partial charge in [-0.25, -0.2) is 0 Å². The van der Waals surface area contributed by atoms with Gasteiger partial charge >= 0.3 is 5.97 Å². The van der Waals surface area contributed by atoms with E-state index >= 15 is 0 Å². The number of aliphatic hydroxyl groups excluding tert-OH is 2. The second-order valence-corrected chi connectivity index (χ2v) is 6.62. The van der Waals surface area contributed by atoms with Crippen molar-refractivity contribution >= 4 is 23.4 Å². The smallest absolute Gasteiger partial charge is 0.309 e. The molecule has 0 aliphatic rings. The lowest BCUT2D eigenvalue weighted by Gasteiger charge is -2.24. The van der Waals surface area contributed by atoms with Gasteiger partial charge in [0.05, 0.1) is 31.2 Å². The molecule has 10 heteroatoms. The Kier molecular flexibility index (Phi) is 10.8. The van der Waals surface area contributed by atoms with Crippen LogP contribution >= 0.6 is 0 Å². The summed E-state index contributed by atoms with van der Waals surface area (Å²) >= 11 is 0. The molecule has 0 saturated heterocycles. The number of primary amides is 1. The zero-order valence-electron chi connectivity index (χ0n) is 15.1. The SMILES string of the molecule is CC(O)[C@H](CC(=O)C[C@@H](CC(N)=O)CN(C)CC(=O)[C@@H](N)CO)C(=O)O. The van der Waals surface area contributed by atoms with Crippen LogP contribution in [0.3, 0.4) is 0 Å². The van der Waals surface area contributed by atoms with Crippen molar-refractivity contribution in [3.05, 3.63) is 0 Å². The molecule has 7 N–H and O–H groups in total. The summed E-state index contributed by atoms with van der Waals surface area (Å²) in [5, 5.41) is 27.3. The summed E-state index contributed by atoms with van der Waals surface area (Å²) in [5.41, 5.74) is 10.6. The zero-order valence-corrected chi connectivity index (χ0v) is 15.1. The summed E-state index contributed by atoms with van der Waals surface area (Å²) < 4.78 is 0. The lowest BCUT2D eigenvalue weighted by molar-refractivity contribution is -0.147. The van der Waals surface area contributed by atoms with E-state index in [-0.39, 0.29) is 38.1 Å². The van der Waals surface area contributed by atoms with Crippen LogP contribution in [0.15, 0.2) is 0 Å². The molecule has 0 radical (unpaired) electrons. The van der Waals surface area contributed by atoms with Crippen molar-refractivity contribution in [1.82, 2.24) is 4.90 Å². The molecule has 150 valence electrons. The minimum atomic E-state index is -1.28. The summed E-state index contributed by atoms with van der Waals surface area (Å²) in [6.45, 7) is 0.921. The molecule has 0 bridgehead atoms. The number of carboxylic acid groups (broad SMARTS) is 1. The van der Waals surface area contributed by atoms with Crippen LogP contribution in [0, 0.1) is 11.8 Å². The van der Waals surface area contributed by atoms with E-state index in [2.05, 4.69) is 0 Å². The molecule has 0 aromatic rings. The molecule has 4 atom stereocenters. The summed E-state index contributed by atoms with van der Waals surface area (Å²) in [7, 11) is 1.59. The lowest BCUT2D eigenvalue weighted by Crippen LogP contribution is -2.42. The van der Waals surface area contributed by atoms with Crippen molar-refractivity contribution < 1.29 is 34.5 Å². The first-order chi connectivity index (χ1) is 12.0. The minimum Gasteiger partial charge on any atom is -0.481 e. The van der Waals surface area contributed by atoms with Gasteiger partial charge in [0.25, 0.3) is 0 Å². The van der Waals surface area contributed by atoms with Gasteiger partial charge in [-0.15, -0.1) is 0 Å². The number of carbonyl (C=O) groups excluding carboxylic acids is 3. The third kappa shape index (κ3) is 9.56. The second-order valence-electron chi connectivity index (χ2n) is 6.62. The molecule has 0 rings (SSSR count). The Morgan fingerprint density at radius 3 is 2.12 bits per heavy atom. The Morgan fingerprint density at radius 2 is 1.69 bits per heavy atom. The number of nitrogens with two attached hydrogens (primary N) is 2. The van der Waals surface area contributed by atoms with Gasteiger partial charge in [-0.1, -0.05) is 0 Å². The Hall–Kier alpha value is -1.88. The largest absolute Gasteiger partial charge is 0.481 e. The molecular formula is C16H29N3O7. The van der Waals surface area contributed by atoms with Crippen LogP contribution < -0.4 is 11.5 Å². The van der Waals surface area contributed by atoms with Crippen LogP contribution in [-0.4, -0.2) is 82.6 Å². The van der Waals surface area contributed by atoms with Gasteiger partial charge in [0, 0.05) is 25.8 Å². The normalized spacial score (nSPS) is 15.9. The number of likely N-dealkylation sites (N-methyl/N-ethyl adjacent to an activating group) is 1. The monoisotopic (exact) mass is 375 g/mol. The van der Waals surface area contributed by atoms with Crippen molar-refractivity contribution in [2.75, 3.05) is 26.7 Å². The molecule has 26 heavy (non-hydrogen) atoms. The topological polar surface area (TPSA) is 184 Å². The van der Waals surface area contributed by atoms with Crippen LogP contribution in [-0.2, 0) is 19.2 Å². The summed E-state index contributed by atoms with van der Waals surface area (Å²) in [6, 6.07) is -1.00. The van der Waals surface area contributed by atoms with E-state index in [0.29, 0.717) is 0 Å². The first-order valence-electron chi connectivity index (χ1n) is 8.26. The van der Waals surface area contributed by atoms with Gasteiger partial charge in [-0.2, -0.15) is 0 Å². The highest BCUT2D eigenvalue weighted by Gasteiger charge is 2.28.